The zero-order valence-corrected chi connectivity index (χ0v) is 41.4. The van der Waals surface area contributed by atoms with Crippen molar-refractivity contribution < 1.29 is 4.42 Å². The van der Waals surface area contributed by atoms with E-state index in [2.05, 4.69) is 232 Å². The van der Waals surface area contributed by atoms with Crippen LogP contribution in [0.25, 0.3) is 43.3 Å². The second-order valence-corrected chi connectivity index (χ2v) is 23.0. The van der Waals surface area contributed by atoms with Crippen molar-refractivity contribution in [2.45, 2.75) is 99.3 Å². The van der Waals surface area contributed by atoms with E-state index in [0.717, 1.165) is 11.5 Å². The topological polar surface area (TPSA) is 19.6 Å². The van der Waals surface area contributed by atoms with Crippen LogP contribution < -0.4 is 26.2 Å². The van der Waals surface area contributed by atoms with Gasteiger partial charge in [0.05, 0.1) is 11.4 Å². The third-order valence-corrected chi connectivity index (χ3v) is 15.2. The molecule has 3 nitrogen and oxygen atoms in total. The lowest BCUT2D eigenvalue weighted by atomic mass is 9.33. The standard InChI is InChI=1S/C61H59BN2OS/c1-36-28-51-56-52(29-36)64(57-37(2)30-43(31-38(57)3)61(10,11)12)58-55(46-34-42(60(7,8)9)24-27-53(46)65-58)62(56)48-25-22-40(47-35-66-54-21-17-16-20-44(47)54)32-50(48)63(51)49-26-23-41(59(4,5)6)33-45(49)39-18-14-13-15-19-39/h13-35H,1-12H3. The van der Waals surface area contributed by atoms with Gasteiger partial charge < -0.3 is 9.32 Å². The second-order valence-electron chi connectivity index (χ2n) is 22.1. The molecule has 0 saturated heterocycles. The van der Waals surface area contributed by atoms with Gasteiger partial charge in [0.2, 0.25) is 5.88 Å². The van der Waals surface area contributed by atoms with Crippen molar-refractivity contribution in [3.8, 4) is 22.3 Å². The van der Waals surface area contributed by atoms with Crippen LogP contribution in [0, 0.1) is 20.8 Å². The average Bonchev–Trinajstić information content (AvgIpc) is 3.88. The SMILES string of the molecule is Cc1cc2c3c(c1)N(c1c(C)cc(C(C)(C)C)cc1C)c1oc4ccc(C(C)(C)C)cc4c1B3c1ccc(-c3csc4ccccc34)cc1N2c1ccc(C(C)(C)C)cc1-c1ccccc1. The minimum Gasteiger partial charge on any atom is -0.440 e. The van der Waals surface area contributed by atoms with Gasteiger partial charge >= 0.3 is 0 Å². The van der Waals surface area contributed by atoms with Gasteiger partial charge in [-0.05, 0) is 146 Å². The molecule has 0 atom stereocenters. The Hall–Kier alpha value is -6.30. The van der Waals surface area contributed by atoms with Crippen molar-refractivity contribution in [1.82, 2.24) is 0 Å². The van der Waals surface area contributed by atoms with Crippen LogP contribution in [-0.2, 0) is 16.2 Å². The number of rotatable bonds is 4. The Balaban J connectivity index is 1.28. The molecule has 0 spiro atoms. The molecule has 0 N–H and O–H groups in total. The monoisotopic (exact) mass is 878 g/mol. The fourth-order valence-electron chi connectivity index (χ4n) is 10.8. The molecule has 0 aliphatic carbocycles. The molecule has 0 bridgehead atoms. The molecule has 0 fully saturated rings. The minimum absolute atomic E-state index is 0.00873. The molecule has 5 heteroatoms. The van der Waals surface area contributed by atoms with Crippen LogP contribution in [0.2, 0.25) is 0 Å². The molecule has 328 valence electrons. The summed E-state index contributed by atoms with van der Waals surface area (Å²) < 4.78 is 8.62. The lowest BCUT2D eigenvalue weighted by molar-refractivity contribution is 0.588. The molecular weight excluding hydrogens is 820 g/mol. The van der Waals surface area contributed by atoms with Crippen molar-refractivity contribution in [2.24, 2.45) is 0 Å². The molecule has 0 saturated carbocycles. The fraction of sp³-hybridized carbons (Fsp3) is 0.246. The summed E-state index contributed by atoms with van der Waals surface area (Å²) in [5.74, 6) is 0.909. The van der Waals surface area contributed by atoms with Gasteiger partial charge in [0.25, 0.3) is 6.71 Å². The Labute approximate surface area is 395 Å². The van der Waals surface area contributed by atoms with E-state index in [9.17, 15) is 0 Å². The van der Waals surface area contributed by atoms with E-state index >= 15 is 0 Å². The Kier molecular flexibility index (Phi) is 9.53. The third-order valence-electron chi connectivity index (χ3n) is 14.3. The quantitative estimate of drug-likeness (QED) is 0.164. The first-order valence-corrected chi connectivity index (χ1v) is 24.5. The first kappa shape index (κ1) is 42.3. The lowest BCUT2D eigenvalue weighted by Crippen LogP contribution is -2.61. The maximum Gasteiger partial charge on any atom is 0.257 e. The highest BCUT2D eigenvalue weighted by Gasteiger charge is 2.47. The van der Waals surface area contributed by atoms with Crippen LogP contribution in [0.5, 0.6) is 0 Å². The number of furan rings is 1. The highest BCUT2D eigenvalue weighted by molar-refractivity contribution is 7.17. The number of anilines is 6. The molecule has 0 radical (unpaired) electrons. The first-order valence-electron chi connectivity index (χ1n) is 23.6. The van der Waals surface area contributed by atoms with E-state index in [1.165, 1.54) is 116 Å². The molecule has 11 rings (SSSR count). The molecule has 66 heavy (non-hydrogen) atoms. The number of aryl methyl sites for hydroxylation is 3. The van der Waals surface area contributed by atoms with Crippen LogP contribution in [-0.4, -0.2) is 6.71 Å². The number of hydrogen-bond acceptors (Lipinski definition) is 4. The predicted molar refractivity (Wildman–Crippen MR) is 287 cm³/mol. The Morgan fingerprint density at radius 2 is 1.12 bits per heavy atom. The summed E-state index contributed by atoms with van der Waals surface area (Å²) in [7, 11) is 0. The van der Waals surface area contributed by atoms with Gasteiger partial charge in [-0.3, -0.25) is 4.90 Å². The van der Waals surface area contributed by atoms with Gasteiger partial charge in [-0.2, -0.15) is 0 Å². The second kappa shape index (κ2) is 14.9. The highest BCUT2D eigenvalue weighted by Crippen LogP contribution is 2.51. The zero-order chi connectivity index (χ0) is 46.2. The average molecular weight is 879 g/mol. The summed E-state index contributed by atoms with van der Waals surface area (Å²) >= 11 is 1.82. The number of thiophene rings is 1. The Bertz CT molecular complexity index is 3400. The normalized spacial score (nSPS) is 13.7. The molecule has 2 aromatic heterocycles. The van der Waals surface area contributed by atoms with Crippen LogP contribution in [0.3, 0.4) is 0 Å². The van der Waals surface area contributed by atoms with E-state index in [1.54, 1.807) is 0 Å². The number of hydrogen-bond donors (Lipinski definition) is 0. The van der Waals surface area contributed by atoms with E-state index in [1.807, 2.05) is 11.3 Å². The van der Waals surface area contributed by atoms with Crippen LogP contribution >= 0.6 is 11.3 Å². The summed E-state index contributed by atoms with van der Waals surface area (Å²) in [5, 5.41) is 4.81. The van der Waals surface area contributed by atoms with E-state index in [4.69, 9.17) is 4.42 Å². The maximum absolute atomic E-state index is 7.32. The molecule has 4 heterocycles. The molecule has 7 aromatic carbocycles. The molecule has 2 aliphatic heterocycles. The number of benzene rings is 7. The summed E-state index contributed by atoms with van der Waals surface area (Å²) in [5.41, 5.74) is 23.1. The van der Waals surface area contributed by atoms with Crippen molar-refractivity contribution in [3.63, 3.8) is 0 Å². The van der Waals surface area contributed by atoms with Crippen molar-refractivity contribution in [2.75, 3.05) is 9.80 Å². The smallest absolute Gasteiger partial charge is 0.257 e. The van der Waals surface area contributed by atoms with Gasteiger partial charge in [0, 0.05) is 49.1 Å². The molecule has 0 amide bonds. The van der Waals surface area contributed by atoms with Gasteiger partial charge in [0.15, 0.2) is 0 Å². The van der Waals surface area contributed by atoms with Crippen molar-refractivity contribution in [3.05, 3.63) is 172 Å². The number of nitrogens with zero attached hydrogens (tertiary/aromatic N) is 2. The highest BCUT2D eigenvalue weighted by atomic mass is 32.1. The molecular formula is C61H59BN2OS. The summed E-state index contributed by atoms with van der Waals surface area (Å²) in [6.45, 7) is 27.5. The Morgan fingerprint density at radius 3 is 1.82 bits per heavy atom. The van der Waals surface area contributed by atoms with E-state index in [-0.39, 0.29) is 23.0 Å². The molecule has 0 unspecified atom stereocenters. The van der Waals surface area contributed by atoms with Crippen molar-refractivity contribution in [1.29, 1.82) is 0 Å². The van der Waals surface area contributed by atoms with Gasteiger partial charge in [0.1, 0.15) is 5.58 Å². The molecule has 9 aromatic rings. The van der Waals surface area contributed by atoms with Crippen LogP contribution in [0.4, 0.5) is 34.3 Å². The van der Waals surface area contributed by atoms with Gasteiger partial charge in [-0.1, -0.05) is 147 Å². The summed E-state index contributed by atoms with van der Waals surface area (Å²) in [4.78, 5) is 5.10. The van der Waals surface area contributed by atoms with Gasteiger partial charge in [-0.25, -0.2) is 0 Å². The van der Waals surface area contributed by atoms with Gasteiger partial charge in [-0.15, -0.1) is 11.3 Å². The van der Waals surface area contributed by atoms with Crippen molar-refractivity contribution >= 4 is 89.8 Å². The first-order chi connectivity index (χ1) is 31.4. The third kappa shape index (κ3) is 6.68. The van der Waals surface area contributed by atoms with Crippen LogP contribution in [0.1, 0.15) is 95.7 Å². The lowest BCUT2D eigenvalue weighted by Gasteiger charge is -2.44. The summed E-state index contributed by atoms with van der Waals surface area (Å²) in [6, 6.07) is 50.9. The fourth-order valence-corrected chi connectivity index (χ4v) is 11.7. The maximum atomic E-state index is 7.32. The van der Waals surface area contributed by atoms with E-state index in [0.29, 0.717) is 0 Å². The van der Waals surface area contributed by atoms with E-state index < -0.39 is 0 Å². The summed E-state index contributed by atoms with van der Waals surface area (Å²) in [6.07, 6.45) is 0. The Morgan fingerprint density at radius 1 is 0.485 bits per heavy atom. The number of fused-ring (bicyclic) bond motifs is 7. The predicted octanol–water partition coefficient (Wildman–Crippen LogP) is 15.9. The largest absolute Gasteiger partial charge is 0.440 e. The minimum atomic E-state index is -0.0960. The van der Waals surface area contributed by atoms with Crippen LogP contribution in [0.15, 0.2) is 143 Å². The zero-order valence-electron chi connectivity index (χ0n) is 40.6. The molecule has 2 aliphatic rings.